The van der Waals surface area contributed by atoms with Crippen molar-refractivity contribution in [1.29, 1.82) is 0 Å². The Hall–Kier alpha value is -0.150. The summed E-state index contributed by atoms with van der Waals surface area (Å²) in [5, 5.41) is 0.777. The molecule has 0 saturated carbocycles. The first-order chi connectivity index (χ1) is 6.56. The van der Waals surface area contributed by atoms with Gasteiger partial charge in [0.2, 0.25) is 0 Å². The Morgan fingerprint density at radius 3 is 2.64 bits per heavy atom. The monoisotopic (exact) mass is 318 g/mol. The van der Waals surface area contributed by atoms with E-state index in [1.54, 1.807) is 6.92 Å². The number of carbonyl (C=O) groups excluding carboxylic acids is 1. The lowest BCUT2D eigenvalue weighted by molar-refractivity contribution is -0.116. The summed E-state index contributed by atoms with van der Waals surface area (Å²) in [5.41, 5.74) is 3.44. The molecule has 1 aromatic carbocycles. The van der Waals surface area contributed by atoms with Crippen molar-refractivity contribution in [3.63, 3.8) is 0 Å². The Kier molecular flexibility index (Phi) is 4.32. The number of Topliss-reactive ketones (excluding diaryl/α,β-unsaturated/α-hetero) is 1. The maximum atomic E-state index is 11.2. The number of rotatable bonds is 3. The smallest absolute Gasteiger partial charge is 0.147 e. The second kappa shape index (κ2) is 5.08. The zero-order chi connectivity index (χ0) is 10.7. The first-order valence-electron chi connectivity index (χ1n) is 4.36. The van der Waals surface area contributed by atoms with E-state index in [1.165, 1.54) is 11.1 Å². The highest BCUT2D eigenvalue weighted by molar-refractivity contribution is 9.09. The Balaban J connectivity index is 3.13. The minimum Gasteiger partial charge on any atom is -0.298 e. The molecule has 1 rings (SSSR count). The molecule has 14 heavy (non-hydrogen) atoms. The third kappa shape index (κ3) is 2.67. The molecular formula is C11H12Br2O. The predicted octanol–water partition coefficient (Wildman–Crippen LogP) is 3.91. The highest BCUT2D eigenvalue weighted by atomic mass is 79.9. The van der Waals surface area contributed by atoms with Crippen molar-refractivity contribution in [3.05, 3.63) is 34.9 Å². The summed E-state index contributed by atoms with van der Waals surface area (Å²) in [6, 6.07) is 6.13. The third-order valence-corrected chi connectivity index (χ3v) is 3.81. The quantitative estimate of drug-likeness (QED) is 0.772. The van der Waals surface area contributed by atoms with Gasteiger partial charge in [0.25, 0.3) is 0 Å². The molecule has 0 fully saturated rings. The number of hydrogen-bond acceptors (Lipinski definition) is 1. The molecule has 0 N–H and O–H groups in total. The van der Waals surface area contributed by atoms with E-state index in [1.807, 2.05) is 19.1 Å². The summed E-state index contributed by atoms with van der Waals surface area (Å²) in [4.78, 5) is 11.1. The molecule has 0 saturated heterocycles. The molecule has 1 nitrogen and oxygen atoms in total. The zero-order valence-electron chi connectivity index (χ0n) is 8.18. The van der Waals surface area contributed by atoms with Crippen LogP contribution in [0.2, 0.25) is 0 Å². The fourth-order valence-corrected chi connectivity index (χ4v) is 2.25. The maximum Gasteiger partial charge on any atom is 0.147 e. The van der Waals surface area contributed by atoms with E-state index < -0.39 is 0 Å². The highest BCUT2D eigenvalue weighted by Gasteiger charge is 2.15. The average Bonchev–Trinajstić information content (AvgIpc) is 2.16. The number of alkyl halides is 2. The molecule has 0 aliphatic rings. The van der Waals surface area contributed by atoms with E-state index >= 15 is 0 Å². The van der Waals surface area contributed by atoms with Crippen LogP contribution >= 0.6 is 31.9 Å². The van der Waals surface area contributed by atoms with Gasteiger partial charge >= 0.3 is 0 Å². The van der Waals surface area contributed by atoms with Crippen LogP contribution in [0.3, 0.4) is 0 Å². The molecule has 1 atom stereocenters. The summed E-state index contributed by atoms with van der Waals surface area (Å²) in [6.07, 6.45) is 0. The first kappa shape index (κ1) is 11.9. The van der Waals surface area contributed by atoms with E-state index in [4.69, 9.17) is 0 Å². The molecular weight excluding hydrogens is 308 g/mol. The number of ketones is 1. The van der Waals surface area contributed by atoms with Gasteiger partial charge in [0.05, 0.1) is 4.83 Å². The second-order valence-corrected chi connectivity index (χ2v) is 4.79. The van der Waals surface area contributed by atoms with Crippen molar-refractivity contribution < 1.29 is 4.79 Å². The molecule has 1 unspecified atom stereocenters. The molecule has 0 heterocycles. The fourth-order valence-electron chi connectivity index (χ4n) is 1.32. The van der Waals surface area contributed by atoms with Crippen molar-refractivity contribution in [2.24, 2.45) is 0 Å². The lowest BCUT2D eigenvalue weighted by Gasteiger charge is -2.11. The van der Waals surface area contributed by atoms with E-state index in [0.717, 1.165) is 10.9 Å². The lowest BCUT2D eigenvalue weighted by Crippen LogP contribution is -2.04. The number of benzene rings is 1. The van der Waals surface area contributed by atoms with Crippen molar-refractivity contribution in [3.8, 4) is 0 Å². The number of hydrogen-bond donors (Lipinski definition) is 0. The Morgan fingerprint density at radius 1 is 1.50 bits per heavy atom. The lowest BCUT2D eigenvalue weighted by atomic mass is 10.0. The highest BCUT2D eigenvalue weighted by Crippen LogP contribution is 2.28. The third-order valence-electron chi connectivity index (χ3n) is 2.07. The predicted molar refractivity (Wildman–Crippen MR) is 66.2 cm³/mol. The Bertz CT molecular complexity index is 347. The minimum absolute atomic E-state index is 0.135. The normalized spacial score (nSPS) is 12.6. The summed E-state index contributed by atoms with van der Waals surface area (Å²) >= 11 is 6.82. The average molecular weight is 320 g/mol. The summed E-state index contributed by atoms with van der Waals surface area (Å²) in [6.45, 7) is 3.64. The zero-order valence-corrected chi connectivity index (χ0v) is 11.4. The minimum atomic E-state index is -0.185. The molecule has 0 aliphatic heterocycles. The van der Waals surface area contributed by atoms with Gasteiger partial charge in [-0.05, 0) is 25.0 Å². The maximum absolute atomic E-state index is 11.2. The fraction of sp³-hybridized carbons (Fsp3) is 0.364. The molecule has 0 aliphatic carbocycles. The molecule has 76 valence electrons. The number of carbonyl (C=O) groups is 1. The van der Waals surface area contributed by atoms with E-state index in [9.17, 15) is 4.79 Å². The molecule has 0 bridgehead atoms. The van der Waals surface area contributed by atoms with Gasteiger partial charge < -0.3 is 0 Å². The van der Waals surface area contributed by atoms with Crippen LogP contribution in [0.1, 0.15) is 28.4 Å². The van der Waals surface area contributed by atoms with Gasteiger partial charge in [0.1, 0.15) is 5.78 Å². The van der Waals surface area contributed by atoms with Gasteiger partial charge in [0, 0.05) is 5.33 Å². The van der Waals surface area contributed by atoms with Gasteiger partial charge in [0.15, 0.2) is 0 Å². The SMILES string of the molecule is CC(=O)C(Br)c1ccc(C)cc1CBr. The van der Waals surface area contributed by atoms with Crippen LogP contribution < -0.4 is 0 Å². The molecule has 0 aromatic heterocycles. The van der Waals surface area contributed by atoms with Crippen LogP contribution in [0.4, 0.5) is 0 Å². The van der Waals surface area contributed by atoms with Gasteiger partial charge in [-0.15, -0.1) is 0 Å². The molecule has 1 aromatic rings. The molecule has 0 radical (unpaired) electrons. The van der Waals surface area contributed by atoms with Gasteiger partial charge in [-0.25, -0.2) is 0 Å². The van der Waals surface area contributed by atoms with Crippen molar-refractivity contribution >= 4 is 37.6 Å². The van der Waals surface area contributed by atoms with Gasteiger partial charge in [-0.3, -0.25) is 4.79 Å². The van der Waals surface area contributed by atoms with Crippen LogP contribution in [0.25, 0.3) is 0 Å². The summed E-state index contributed by atoms with van der Waals surface area (Å²) in [5.74, 6) is 0.135. The summed E-state index contributed by atoms with van der Waals surface area (Å²) in [7, 11) is 0. The Morgan fingerprint density at radius 2 is 2.14 bits per heavy atom. The van der Waals surface area contributed by atoms with Gasteiger partial charge in [-0.2, -0.15) is 0 Å². The van der Waals surface area contributed by atoms with Crippen molar-refractivity contribution in [2.75, 3.05) is 0 Å². The van der Waals surface area contributed by atoms with Crippen LogP contribution in [-0.2, 0) is 10.1 Å². The van der Waals surface area contributed by atoms with E-state index in [2.05, 4.69) is 37.9 Å². The standard InChI is InChI=1S/C11H12Br2O/c1-7-3-4-10(9(5-7)6-12)11(13)8(2)14/h3-5,11H,6H2,1-2H3. The van der Waals surface area contributed by atoms with Crippen LogP contribution in [0, 0.1) is 6.92 Å². The van der Waals surface area contributed by atoms with Gasteiger partial charge in [-0.1, -0.05) is 55.6 Å². The van der Waals surface area contributed by atoms with E-state index in [-0.39, 0.29) is 10.6 Å². The molecule has 0 amide bonds. The largest absolute Gasteiger partial charge is 0.298 e. The topological polar surface area (TPSA) is 17.1 Å². The van der Waals surface area contributed by atoms with Crippen molar-refractivity contribution in [1.82, 2.24) is 0 Å². The van der Waals surface area contributed by atoms with Crippen LogP contribution in [0.5, 0.6) is 0 Å². The second-order valence-electron chi connectivity index (χ2n) is 3.31. The Labute approximate surface area is 101 Å². The number of halogens is 2. The number of aryl methyl sites for hydroxylation is 1. The van der Waals surface area contributed by atoms with Crippen LogP contribution in [-0.4, -0.2) is 5.78 Å². The van der Waals surface area contributed by atoms with Crippen LogP contribution in [0.15, 0.2) is 18.2 Å². The molecule has 3 heteroatoms. The summed E-state index contributed by atoms with van der Waals surface area (Å²) < 4.78 is 0. The first-order valence-corrected chi connectivity index (χ1v) is 6.40. The van der Waals surface area contributed by atoms with Crippen molar-refractivity contribution in [2.45, 2.75) is 24.0 Å². The molecule has 0 spiro atoms. The van der Waals surface area contributed by atoms with E-state index in [0.29, 0.717) is 0 Å².